The third-order valence-electron chi connectivity index (χ3n) is 8.42. The minimum atomic E-state index is -0.816. The van der Waals surface area contributed by atoms with Gasteiger partial charge in [0.05, 0.1) is 39.9 Å². The molecule has 2 aromatic carbocycles. The second-order valence-electron chi connectivity index (χ2n) is 11.4. The zero-order valence-electron chi connectivity index (χ0n) is 22.5. The largest absolute Gasteiger partial charge is 0.394 e. The first kappa shape index (κ1) is 28.0. The normalized spacial score (nSPS) is 28.1. The fourth-order valence-corrected chi connectivity index (χ4v) is 9.26. The number of hydrogen-bond donors (Lipinski definition) is 3. The molecular formula is C30H36ClN3O4S. The number of fused-ring (bicyclic) bond motifs is 1. The van der Waals surface area contributed by atoms with Gasteiger partial charge in [-0.3, -0.25) is 14.4 Å². The van der Waals surface area contributed by atoms with Gasteiger partial charge in [-0.25, -0.2) is 0 Å². The average molecular weight is 570 g/mol. The fourth-order valence-electron chi connectivity index (χ4n) is 6.79. The number of aliphatic hydroxyl groups is 1. The van der Waals surface area contributed by atoms with Crippen LogP contribution in [0.1, 0.15) is 44.2 Å². The van der Waals surface area contributed by atoms with E-state index >= 15 is 0 Å². The second-order valence-corrected chi connectivity index (χ2v) is 13.4. The number of nitrogens with one attached hydrogen (secondary N) is 2. The lowest BCUT2D eigenvalue weighted by Gasteiger charge is -2.37. The van der Waals surface area contributed by atoms with Crippen molar-refractivity contribution < 1.29 is 19.5 Å². The summed E-state index contributed by atoms with van der Waals surface area (Å²) < 4.78 is -0.736. The number of aryl methyl sites for hydroxylation is 1. The molecule has 0 aliphatic carbocycles. The van der Waals surface area contributed by atoms with Gasteiger partial charge in [-0.2, -0.15) is 0 Å². The maximum absolute atomic E-state index is 14.3. The Kier molecular flexibility index (Phi) is 8.00. The molecule has 0 aromatic heterocycles. The van der Waals surface area contributed by atoms with Crippen molar-refractivity contribution in [3.63, 3.8) is 0 Å². The van der Waals surface area contributed by atoms with E-state index in [2.05, 4.69) is 10.6 Å². The molecular weight excluding hydrogens is 534 g/mol. The summed E-state index contributed by atoms with van der Waals surface area (Å²) >= 11 is 8.07. The van der Waals surface area contributed by atoms with Crippen molar-refractivity contribution in [3.05, 3.63) is 64.7 Å². The van der Waals surface area contributed by atoms with Gasteiger partial charge in [0.2, 0.25) is 17.7 Å². The number of rotatable bonds is 9. The summed E-state index contributed by atoms with van der Waals surface area (Å²) in [5, 5.41) is 16.9. The molecule has 3 heterocycles. The molecule has 5 rings (SSSR count). The summed E-state index contributed by atoms with van der Waals surface area (Å²) in [7, 11) is 0. The summed E-state index contributed by atoms with van der Waals surface area (Å²) in [6.45, 7) is 6.07. The summed E-state index contributed by atoms with van der Waals surface area (Å²) in [6.07, 6.45) is 1.98. The number of benzene rings is 2. The van der Waals surface area contributed by atoms with E-state index in [1.807, 2.05) is 63.2 Å². The molecule has 3 amide bonds. The van der Waals surface area contributed by atoms with Crippen molar-refractivity contribution in [2.24, 2.45) is 17.8 Å². The first-order chi connectivity index (χ1) is 18.7. The molecule has 6 atom stereocenters. The van der Waals surface area contributed by atoms with E-state index in [4.69, 9.17) is 11.6 Å². The van der Waals surface area contributed by atoms with Crippen LogP contribution in [-0.4, -0.2) is 56.4 Å². The molecule has 0 saturated carbocycles. The number of likely N-dealkylation sites (tertiary alicyclic amines) is 1. The lowest BCUT2D eigenvalue weighted by atomic mass is 9.70. The number of anilines is 1. The van der Waals surface area contributed by atoms with Gasteiger partial charge < -0.3 is 20.6 Å². The summed E-state index contributed by atoms with van der Waals surface area (Å²) in [6, 6.07) is 13.8. The van der Waals surface area contributed by atoms with Crippen LogP contribution in [-0.2, 0) is 20.9 Å². The maximum atomic E-state index is 14.3. The molecule has 3 fully saturated rings. The first-order valence-corrected chi connectivity index (χ1v) is 14.9. The third-order valence-corrected chi connectivity index (χ3v) is 10.7. The molecule has 2 bridgehead atoms. The molecule has 3 aliphatic heterocycles. The van der Waals surface area contributed by atoms with Crippen LogP contribution >= 0.6 is 23.4 Å². The number of carbonyl (C=O) groups is 3. The van der Waals surface area contributed by atoms with Crippen LogP contribution in [0.15, 0.2) is 48.5 Å². The molecule has 3 N–H and O–H groups in total. The number of amides is 3. The van der Waals surface area contributed by atoms with Gasteiger partial charge in [0.25, 0.3) is 0 Å². The minimum Gasteiger partial charge on any atom is -0.394 e. The average Bonchev–Trinajstić information content (AvgIpc) is 3.56. The Hall–Kier alpha value is -2.55. The van der Waals surface area contributed by atoms with E-state index in [9.17, 15) is 19.5 Å². The van der Waals surface area contributed by atoms with Crippen molar-refractivity contribution in [2.45, 2.75) is 68.7 Å². The second kappa shape index (κ2) is 11.1. The van der Waals surface area contributed by atoms with Gasteiger partial charge in [-0.1, -0.05) is 67.9 Å². The number of hydrogen-bond acceptors (Lipinski definition) is 5. The van der Waals surface area contributed by atoms with Gasteiger partial charge in [0.15, 0.2) is 0 Å². The molecule has 3 aliphatic rings. The monoisotopic (exact) mass is 569 g/mol. The van der Waals surface area contributed by atoms with Gasteiger partial charge in [-0.15, -0.1) is 11.8 Å². The van der Waals surface area contributed by atoms with E-state index in [0.717, 1.165) is 17.5 Å². The topological polar surface area (TPSA) is 98.7 Å². The van der Waals surface area contributed by atoms with Crippen LogP contribution < -0.4 is 10.6 Å². The highest BCUT2D eigenvalue weighted by atomic mass is 35.5. The van der Waals surface area contributed by atoms with Crippen LogP contribution in [0.4, 0.5) is 5.69 Å². The fraction of sp³-hybridized carbons (Fsp3) is 0.500. The SMILES string of the molecule is Cc1cccc(Cl)c1NC(=O)C1N([C@@H](CO)CC(C)C)C(=O)[C@@H]2[C@H](C(=O)NCc3ccccc3)[C@@H]3CCC12S3. The van der Waals surface area contributed by atoms with Crippen LogP contribution in [0, 0.1) is 24.7 Å². The van der Waals surface area contributed by atoms with Crippen molar-refractivity contribution >= 4 is 46.8 Å². The lowest BCUT2D eigenvalue weighted by molar-refractivity contribution is -0.142. The van der Waals surface area contributed by atoms with Gasteiger partial charge in [0, 0.05) is 11.8 Å². The van der Waals surface area contributed by atoms with Crippen molar-refractivity contribution in [3.8, 4) is 0 Å². The van der Waals surface area contributed by atoms with E-state index in [-0.39, 0.29) is 35.5 Å². The number of para-hydroxylation sites is 1. The van der Waals surface area contributed by atoms with Gasteiger partial charge in [-0.05, 0) is 49.3 Å². The highest BCUT2D eigenvalue weighted by Gasteiger charge is 2.74. The number of thioether (sulfide) groups is 1. The standard InChI is InChI=1S/C30H36ClN3O4S/c1-17(2)14-20(16-35)34-26(28(37)33-25-18(3)8-7-11-21(25)31)30-13-12-22(39-30)23(24(30)29(34)38)27(36)32-15-19-9-5-4-6-10-19/h4-11,17,20,22-24,26,35H,12-16H2,1-3H3,(H,32,36)(H,33,37)/t20-,22+,23-,24+,26?,30?/m1/s1. The van der Waals surface area contributed by atoms with E-state index in [1.165, 1.54) is 0 Å². The molecule has 2 aromatic rings. The molecule has 7 nitrogen and oxygen atoms in total. The minimum absolute atomic E-state index is 0.0353. The highest BCUT2D eigenvalue weighted by molar-refractivity contribution is 8.02. The molecule has 39 heavy (non-hydrogen) atoms. The zero-order chi connectivity index (χ0) is 27.9. The lowest BCUT2D eigenvalue weighted by Crippen LogP contribution is -2.55. The highest BCUT2D eigenvalue weighted by Crippen LogP contribution is 2.66. The van der Waals surface area contributed by atoms with Crippen molar-refractivity contribution in [2.75, 3.05) is 11.9 Å². The third kappa shape index (κ3) is 4.96. The number of aliphatic hydroxyl groups excluding tert-OH is 1. The van der Waals surface area contributed by atoms with Gasteiger partial charge >= 0.3 is 0 Å². The number of nitrogens with zero attached hydrogens (tertiary/aromatic N) is 1. The Bertz CT molecular complexity index is 1240. The predicted molar refractivity (Wildman–Crippen MR) is 154 cm³/mol. The van der Waals surface area contributed by atoms with E-state index < -0.39 is 28.7 Å². The van der Waals surface area contributed by atoms with E-state index in [1.54, 1.807) is 22.7 Å². The Morgan fingerprint density at radius 3 is 2.56 bits per heavy atom. The molecule has 0 radical (unpaired) electrons. The Balaban J connectivity index is 1.49. The van der Waals surface area contributed by atoms with Crippen molar-refractivity contribution in [1.29, 1.82) is 0 Å². The van der Waals surface area contributed by atoms with E-state index in [0.29, 0.717) is 30.1 Å². The zero-order valence-corrected chi connectivity index (χ0v) is 24.1. The van der Waals surface area contributed by atoms with Gasteiger partial charge in [0.1, 0.15) is 6.04 Å². The molecule has 2 unspecified atom stereocenters. The Labute approximate surface area is 239 Å². The van der Waals surface area contributed by atoms with Crippen LogP contribution in [0.2, 0.25) is 5.02 Å². The number of carbonyl (C=O) groups excluding carboxylic acids is 3. The van der Waals surface area contributed by atoms with Crippen LogP contribution in [0.5, 0.6) is 0 Å². The maximum Gasteiger partial charge on any atom is 0.248 e. The smallest absolute Gasteiger partial charge is 0.248 e. The molecule has 3 saturated heterocycles. The molecule has 9 heteroatoms. The Morgan fingerprint density at radius 1 is 1.15 bits per heavy atom. The summed E-state index contributed by atoms with van der Waals surface area (Å²) in [5.74, 6) is -1.62. The summed E-state index contributed by atoms with van der Waals surface area (Å²) in [5.41, 5.74) is 2.33. The molecule has 208 valence electrons. The molecule has 1 spiro atoms. The quantitative estimate of drug-likeness (QED) is 0.416. The first-order valence-electron chi connectivity index (χ1n) is 13.7. The van der Waals surface area contributed by atoms with Crippen LogP contribution in [0.25, 0.3) is 0 Å². The number of halogens is 1. The predicted octanol–water partition coefficient (Wildman–Crippen LogP) is 4.40. The Morgan fingerprint density at radius 2 is 1.90 bits per heavy atom. The van der Waals surface area contributed by atoms with Crippen LogP contribution in [0.3, 0.4) is 0 Å². The summed E-state index contributed by atoms with van der Waals surface area (Å²) in [4.78, 5) is 43.6. The van der Waals surface area contributed by atoms with Crippen molar-refractivity contribution in [1.82, 2.24) is 10.2 Å².